The molecule has 0 bridgehead atoms. The van der Waals surface area contributed by atoms with Gasteiger partial charge in [0.2, 0.25) is 17.7 Å². The molecule has 0 unspecified atom stereocenters. The summed E-state index contributed by atoms with van der Waals surface area (Å²) in [6, 6.07) is 1.44. The first-order chi connectivity index (χ1) is 12.8. The molecule has 1 aromatic heterocycles. The van der Waals surface area contributed by atoms with Gasteiger partial charge in [0.25, 0.3) is 0 Å². The number of rotatable bonds is 6. The van der Waals surface area contributed by atoms with Gasteiger partial charge in [-0.15, -0.1) is 0 Å². The minimum atomic E-state index is -3.74. The minimum Gasteiger partial charge on any atom is -0.381 e. The lowest BCUT2D eigenvalue weighted by Crippen LogP contribution is -2.50. The number of carbonyl (C=O) groups is 2. The Morgan fingerprint density at radius 3 is 2.29 bits per heavy atom. The van der Waals surface area contributed by atoms with Crippen molar-refractivity contribution in [3.8, 4) is 0 Å². The lowest BCUT2D eigenvalue weighted by Gasteiger charge is -2.30. The molecule has 1 aliphatic rings. The smallest absolute Gasteiger partial charge is 0.247 e. The Balaban J connectivity index is 2.18. The maximum absolute atomic E-state index is 13.0. The largest absolute Gasteiger partial charge is 0.381 e. The monoisotopic (exact) mass is 415 g/mol. The second kappa shape index (κ2) is 7.82. The molecule has 10 heteroatoms. The highest BCUT2D eigenvalue weighted by Gasteiger charge is 2.47. The van der Waals surface area contributed by atoms with Crippen molar-refractivity contribution in [2.45, 2.75) is 55.9 Å². The van der Waals surface area contributed by atoms with Crippen LogP contribution in [0.5, 0.6) is 0 Å². The molecule has 1 aromatic rings. The highest BCUT2D eigenvalue weighted by molar-refractivity contribution is 7.94. The van der Waals surface area contributed by atoms with Gasteiger partial charge in [-0.3, -0.25) is 14.9 Å². The topological polar surface area (TPSA) is 119 Å². The normalized spacial score (nSPS) is 16.6. The van der Waals surface area contributed by atoms with Crippen molar-refractivity contribution in [3.63, 3.8) is 0 Å². The zero-order valence-electron chi connectivity index (χ0n) is 17.2. The third-order valence-electron chi connectivity index (χ3n) is 5.19. The maximum Gasteiger partial charge on any atom is 0.247 e. The number of aromatic nitrogens is 1. The standard InChI is InChI=1S/C18H29N3O6S/c1-17(2,16(23)21(5)6)13-11-14(27-20-13)19-15(22)18(3,4)28(24,25)12-7-9-26-10-8-12/h11-12H,7-10H2,1-6H3,(H,19,22). The van der Waals surface area contributed by atoms with E-state index in [1.54, 1.807) is 27.9 Å². The van der Waals surface area contributed by atoms with Crippen LogP contribution < -0.4 is 5.32 Å². The van der Waals surface area contributed by atoms with Gasteiger partial charge in [0.05, 0.1) is 10.7 Å². The molecule has 0 atom stereocenters. The van der Waals surface area contributed by atoms with E-state index in [1.807, 2.05) is 0 Å². The Labute approximate surface area is 165 Å². The van der Waals surface area contributed by atoms with E-state index in [1.165, 1.54) is 24.8 Å². The first-order valence-corrected chi connectivity index (χ1v) is 10.7. The van der Waals surface area contributed by atoms with Crippen molar-refractivity contribution in [2.75, 3.05) is 32.6 Å². The van der Waals surface area contributed by atoms with E-state index in [0.29, 0.717) is 31.7 Å². The van der Waals surface area contributed by atoms with Gasteiger partial charge in [-0.1, -0.05) is 5.16 Å². The molecule has 1 N–H and O–H groups in total. The third kappa shape index (κ3) is 4.07. The highest BCUT2D eigenvalue weighted by atomic mass is 32.2. The van der Waals surface area contributed by atoms with Gasteiger partial charge < -0.3 is 14.2 Å². The summed E-state index contributed by atoms with van der Waals surface area (Å²) >= 11 is 0. The van der Waals surface area contributed by atoms with Gasteiger partial charge in [0.15, 0.2) is 9.84 Å². The second-order valence-corrected chi connectivity index (χ2v) is 11.0. The van der Waals surface area contributed by atoms with E-state index in [2.05, 4.69) is 10.5 Å². The number of nitrogens with zero attached hydrogens (tertiary/aromatic N) is 2. The van der Waals surface area contributed by atoms with Crippen LogP contribution in [0.2, 0.25) is 0 Å². The number of ether oxygens (including phenoxy) is 1. The molecule has 9 nitrogen and oxygen atoms in total. The van der Waals surface area contributed by atoms with Crippen LogP contribution in [0.25, 0.3) is 0 Å². The molecular weight excluding hydrogens is 386 g/mol. The van der Waals surface area contributed by atoms with Crippen LogP contribution in [0.1, 0.15) is 46.2 Å². The van der Waals surface area contributed by atoms with Crippen LogP contribution in [-0.2, 0) is 29.6 Å². The molecule has 0 saturated carbocycles. The van der Waals surface area contributed by atoms with Crippen LogP contribution in [0.15, 0.2) is 10.6 Å². The first kappa shape index (κ1) is 22.4. The molecule has 1 aliphatic heterocycles. The Morgan fingerprint density at radius 2 is 1.75 bits per heavy atom. The van der Waals surface area contributed by atoms with E-state index in [0.717, 1.165) is 0 Å². The van der Waals surface area contributed by atoms with Crippen LogP contribution >= 0.6 is 0 Å². The Bertz CT molecular complexity index is 835. The second-order valence-electron chi connectivity index (χ2n) is 8.22. The maximum atomic E-state index is 13.0. The van der Waals surface area contributed by atoms with Gasteiger partial charge in [-0.2, -0.15) is 0 Å². The van der Waals surface area contributed by atoms with E-state index in [9.17, 15) is 18.0 Å². The molecule has 0 aromatic carbocycles. The summed E-state index contributed by atoms with van der Waals surface area (Å²) in [5.74, 6) is -0.894. The van der Waals surface area contributed by atoms with E-state index < -0.39 is 31.2 Å². The number of hydrogen-bond acceptors (Lipinski definition) is 7. The number of hydrogen-bond donors (Lipinski definition) is 1. The molecule has 0 spiro atoms. The van der Waals surface area contributed by atoms with E-state index in [-0.39, 0.29) is 11.8 Å². The van der Waals surface area contributed by atoms with Gasteiger partial charge >= 0.3 is 0 Å². The van der Waals surface area contributed by atoms with E-state index >= 15 is 0 Å². The predicted molar refractivity (Wildman–Crippen MR) is 104 cm³/mol. The van der Waals surface area contributed by atoms with E-state index in [4.69, 9.17) is 9.26 Å². The molecule has 2 amide bonds. The summed E-state index contributed by atoms with van der Waals surface area (Å²) in [5.41, 5.74) is -0.619. The Hall–Kier alpha value is -1.94. The molecule has 158 valence electrons. The summed E-state index contributed by atoms with van der Waals surface area (Å²) in [4.78, 5) is 26.5. The van der Waals surface area contributed by atoms with Crippen LogP contribution in [0, 0.1) is 0 Å². The molecule has 1 saturated heterocycles. The summed E-state index contributed by atoms with van der Waals surface area (Å²) in [5, 5.41) is 5.74. The Kier molecular flexibility index (Phi) is 6.25. The van der Waals surface area contributed by atoms with Gasteiger partial charge in [0, 0.05) is 33.4 Å². The summed E-state index contributed by atoms with van der Waals surface area (Å²) in [6.07, 6.45) is 0.735. The zero-order valence-corrected chi connectivity index (χ0v) is 18.1. The van der Waals surface area contributed by atoms with Crippen molar-refractivity contribution in [3.05, 3.63) is 11.8 Å². The number of sulfone groups is 1. The lowest BCUT2D eigenvalue weighted by molar-refractivity contribution is -0.133. The van der Waals surface area contributed by atoms with Crippen molar-refractivity contribution in [2.24, 2.45) is 0 Å². The minimum absolute atomic E-state index is 0.00474. The van der Waals surface area contributed by atoms with Gasteiger partial charge in [0.1, 0.15) is 10.4 Å². The number of carbonyl (C=O) groups excluding carboxylic acids is 2. The fourth-order valence-electron chi connectivity index (χ4n) is 3.09. The molecule has 2 heterocycles. The van der Waals surface area contributed by atoms with Gasteiger partial charge in [-0.05, 0) is 40.5 Å². The molecule has 1 fully saturated rings. The molecular formula is C18H29N3O6S. The summed E-state index contributed by atoms with van der Waals surface area (Å²) < 4.78 is 34.6. The fraction of sp³-hybridized carbons (Fsp3) is 0.722. The SMILES string of the molecule is CN(C)C(=O)C(C)(C)c1cc(NC(=O)C(C)(C)S(=O)(=O)C2CCOCC2)on1. The van der Waals surface area contributed by atoms with Crippen molar-refractivity contribution < 1.29 is 27.3 Å². The third-order valence-corrected chi connectivity index (χ3v) is 8.15. The average Bonchev–Trinajstić information content (AvgIpc) is 3.10. The lowest BCUT2D eigenvalue weighted by atomic mass is 9.88. The number of amides is 2. The Morgan fingerprint density at radius 1 is 1.18 bits per heavy atom. The van der Waals surface area contributed by atoms with Crippen LogP contribution in [-0.4, -0.2) is 67.6 Å². The molecule has 2 rings (SSSR count). The van der Waals surface area contributed by atoms with Crippen molar-refractivity contribution in [1.82, 2.24) is 10.1 Å². The molecule has 0 aliphatic carbocycles. The van der Waals surface area contributed by atoms with Crippen molar-refractivity contribution >= 4 is 27.5 Å². The first-order valence-electron chi connectivity index (χ1n) is 9.13. The predicted octanol–water partition coefficient (Wildman–Crippen LogP) is 1.35. The fourth-order valence-corrected chi connectivity index (χ4v) is 5.05. The number of likely N-dealkylation sites (N-methyl/N-ethyl adjacent to an activating group) is 1. The summed E-state index contributed by atoms with van der Waals surface area (Å²) in [7, 11) is -0.471. The highest BCUT2D eigenvalue weighted by Crippen LogP contribution is 2.30. The zero-order chi connectivity index (χ0) is 21.3. The molecule has 28 heavy (non-hydrogen) atoms. The van der Waals surface area contributed by atoms with Crippen LogP contribution in [0.4, 0.5) is 5.88 Å². The quantitative estimate of drug-likeness (QED) is 0.745. The van der Waals surface area contributed by atoms with Crippen molar-refractivity contribution in [1.29, 1.82) is 0 Å². The number of nitrogens with one attached hydrogen (secondary N) is 1. The molecule has 0 radical (unpaired) electrons. The van der Waals surface area contributed by atoms with Gasteiger partial charge in [-0.25, -0.2) is 8.42 Å². The van der Waals surface area contributed by atoms with Crippen LogP contribution in [0.3, 0.4) is 0 Å². The average molecular weight is 416 g/mol. The number of anilines is 1. The summed E-state index contributed by atoms with van der Waals surface area (Å²) in [6.45, 7) is 6.87.